The number of alkyl halides is 1. The van der Waals surface area contributed by atoms with Crippen LogP contribution in [-0.2, 0) is 10.0 Å². The zero-order valence-corrected chi connectivity index (χ0v) is 19.0. The van der Waals surface area contributed by atoms with Crippen LogP contribution < -0.4 is 4.72 Å². The molecule has 154 valence electrons. The van der Waals surface area contributed by atoms with E-state index < -0.39 is 14.9 Å². The van der Waals surface area contributed by atoms with Gasteiger partial charge in [0.25, 0.3) is 10.0 Å². The first-order valence-corrected chi connectivity index (χ1v) is 12.2. The summed E-state index contributed by atoms with van der Waals surface area (Å²) in [4.78, 5) is 16.7. The van der Waals surface area contributed by atoms with Crippen LogP contribution in [0.5, 0.6) is 0 Å². The Bertz CT molecular complexity index is 1300. The van der Waals surface area contributed by atoms with Gasteiger partial charge in [-0.1, -0.05) is 87.9 Å². The minimum absolute atomic E-state index is 0.0947. The third-order valence-electron chi connectivity index (χ3n) is 4.43. The number of ketones is 1. The number of halogens is 1. The zero-order valence-electron chi connectivity index (χ0n) is 15.8. The maximum atomic E-state index is 12.8. The molecule has 30 heavy (non-hydrogen) atoms. The highest BCUT2D eigenvalue weighted by Crippen LogP contribution is 2.28. The van der Waals surface area contributed by atoms with Gasteiger partial charge in [-0.2, -0.15) is 0 Å². The molecule has 2 heterocycles. The molecule has 10 heteroatoms. The number of nitrogens with zero attached hydrogens (tertiary/aromatic N) is 3. The zero-order chi connectivity index (χ0) is 21.3. The lowest BCUT2D eigenvalue weighted by molar-refractivity contribution is 0.0992. The van der Waals surface area contributed by atoms with Crippen molar-refractivity contribution < 1.29 is 13.2 Å². The summed E-state index contributed by atoms with van der Waals surface area (Å²) >= 11 is 4.25. The number of benzene rings is 2. The molecule has 0 aliphatic heterocycles. The number of hydrogen-bond acceptors (Lipinski definition) is 6. The van der Waals surface area contributed by atoms with Crippen LogP contribution in [0.25, 0.3) is 16.2 Å². The number of carbonyl (C=O) groups is 1. The molecule has 1 atom stereocenters. The van der Waals surface area contributed by atoms with Gasteiger partial charge in [-0.05, 0) is 6.92 Å². The lowest BCUT2D eigenvalue weighted by Gasteiger charge is -2.09. The first-order chi connectivity index (χ1) is 14.4. The number of rotatable bonds is 7. The van der Waals surface area contributed by atoms with E-state index in [0.717, 1.165) is 28.3 Å². The van der Waals surface area contributed by atoms with Crippen LogP contribution in [0.3, 0.4) is 0 Å². The van der Waals surface area contributed by atoms with Crippen molar-refractivity contribution in [3.05, 3.63) is 71.9 Å². The highest BCUT2D eigenvalue weighted by atomic mass is 79.9. The van der Waals surface area contributed by atoms with Crippen molar-refractivity contribution in [2.24, 2.45) is 0 Å². The van der Waals surface area contributed by atoms with Gasteiger partial charge in [-0.25, -0.2) is 22.6 Å². The number of aromatic nitrogens is 3. The molecule has 1 unspecified atom stereocenters. The van der Waals surface area contributed by atoms with Gasteiger partial charge in [0.15, 0.2) is 5.78 Å². The van der Waals surface area contributed by atoms with Gasteiger partial charge < -0.3 is 0 Å². The lowest BCUT2D eigenvalue weighted by atomic mass is 10.1. The van der Waals surface area contributed by atoms with Crippen LogP contribution in [-0.4, -0.2) is 40.2 Å². The van der Waals surface area contributed by atoms with Gasteiger partial charge in [0.2, 0.25) is 9.30 Å². The Morgan fingerprint density at radius 3 is 2.43 bits per heavy atom. The molecule has 0 saturated carbocycles. The Hall–Kier alpha value is -2.40. The predicted octanol–water partition coefficient (Wildman–Crippen LogP) is 3.69. The summed E-state index contributed by atoms with van der Waals surface area (Å²) in [6.45, 7) is 1.77. The topological polar surface area (TPSA) is 93.4 Å². The van der Waals surface area contributed by atoms with Crippen molar-refractivity contribution in [1.82, 2.24) is 19.3 Å². The van der Waals surface area contributed by atoms with Gasteiger partial charge in [-0.3, -0.25) is 4.79 Å². The fraction of sp³-hybridized carbons (Fsp3) is 0.150. The Kier molecular flexibility index (Phi) is 5.83. The number of aryl methyl sites for hydroxylation is 1. The second-order valence-corrected chi connectivity index (χ2v) is 10.5. The third kappa shape index (κ3) is 4.08. The second-order valence-electron chi connectivity index (χ2n) is 6.52. The molecule has 0 saturated heterocycles. The minimum Gasteiger partial charge on any atom is -0.293 e. The number of sulfonamides is 1. The molecule has 0 amide bonds. The van der Waals surface area contributed by atoms with Crippen LogP contribution >= 0.6 is 27.3 Å². The van der Waals surface area contributed by atoms with Crippen molar-refractivity contribution >= 4 is 48.0 Å². The summed E-state index contributed by atoms with van der Waals surface area (Å²) in [5.41, 5.74) is 2.93. The Morgan fingerprint density at radius 2 is 1.77 bits per heavy atom. The summed E-state index contributed by atoms with van der Waals surface area (Å²) in [6, 6.07) is 18.3. The van der Waals surface area contributed by atoms with Crippen molar-refractivity contribution in [2.45, 2.75) is 16.1 Å². The summed E-state index contributed by atoms with van der Waals surface area (Å²) in [5.74, 6) is -0.200. The van der Waals surface area contributed by atoms with Crippen molar-refractivity contribution in [2.75, 3.05) is 6.54 Å². The number of nitrogens with one attached hydrogen (secondary N) is 1. The summed E-state index contributed by atoms with van der Waals surface area (Å²) < 4.78 is 29.4. The molecule has 0 bridgehead atoms. The highest BCUT2D eigenvalue weighted by Gasteiger charge is 2.26. The molecule has 0 spiro atoms. The van der Waals surface area contributed by atoms with E-state index in [1.165, 1.54) is 0 Å². The molecule has 4 aromatic rings. The molecule has 2 aromatic carbocycles. The first kappa shape index (κ1) is 20.9. The van der Waals surface area contributed by atoms with Gasteiger partial charge in [0.1, 0.15) is 0 Å². The molecule has 2 aromatic heterocycles. The van der Waals surface area contributed by atoms with Crippen molar-refractivity contribution in [1.29, 1.82) is 0 Å². The minimum atomic E-state index is -3.90. The molecule has 0 fully saturated rings. The quantitative estimate of drug-likeness (QED) is 0.306. The van der Waals surface area contributed by atoms with E-state index in [4.69, 9.17) is 0 Å². The molecular weight excluding hydrogens is 488 g/mol. The van der Waals surface area contributed by atoms with E-state index in [2.05, 4.69) is 30.7 Å². The third-order valence-corrected chi connectivity index (χ3v) is 7.87. The maximum Gasteiger partial charge on any atom is 0.269 e. The molecule has 0 radical (unpaired) electrons. The largest absolute Gasteiger partial charge is 0.293 e. The van der Waals surface area contributed by atoms with Crippen molar-refractivity contribution in [3.8, 4) is 11.3 Å². The van der Waals surface area contributed by atoms with E-state index in [0.29, 0.717) is 10.5 Å². The van der Waals surface area contributed by atoms with E-state index in [1.807, 2.05) is 43.3 Å². The predicted molar refractivity (Wildman–Crippen MR) is 120 cm³/mol. The fourth-order valence-electron chi connectivity index (χ4n) is 2.99. The van der Waals surface area contributed by atoms with E-state index in [-0.39, 0.29) is 16.7 Å². The monoisotopic (exact) mass is 504 g/mol. The van der Waals surface area contributed by atoms with Crippen LogP contribution in [0, 0.1) is 6.92 Å². The number of carbonyl (C=O) groups excluding carboxylic acids is 1. The van der Waals surface area contributed by atoms with Crippen LogP contribution in [0.2, 0.25) is 0 Å². The summed E-state index contributed by atoms with van der Waals surface area (Å²) in [7, 11) is -3.90. The Labute approximate surface area is 186 Å². The SMILES string of the molecule is Cc1nc2sc(S(=O)(=O)NCC(Br)C(=O)c3ccccc3)nn2c1-c1ccccc1. The van der Waals surface area contributed by atoms with Crippen molar-refractivity contribution in [3.63, 3.8) is 0 Å². The second kappa shape index (κ2) is 8.38. The summed E-state index contributed by atoms with van der Waals surface area (Å²) in [6.07, 6.45) is 0. The molecule has 0 aliphatic carbocycles. The number of imidazole rings is 1. The molecule has 0 aliphatic rings. The van der Waals surface area contributed by atoms with E-state index in [9.17, 15) is 13.2 Å². The van der Waals surface area contributed by atoms with Gasteiger partial charge in [-0.15, -0.1) is 5.10 Å². The molecule has 7 nitrogen and oxygen atoms in total. The molecule has 1 N–H and O–H groups in total. The average Bonchev–Trinajstić information content (AvgIpc) is 3.30. The standard InChI is InChI=1S/C20H17BrN4O3S2/c1-13-17(14-8-4-2-5-9-14)25-19(23-13)29-20(24-25)30(27,28)22-12-16(21)18(26)15-10-6-3-7-11-15/h2-11,16,22H,12H2,1H3. The number of hydrogen-bond donors (Lipinski definition) is 1. The number of Topliss-reactive ketones (excluding diaryl/α,β-unsaturated/α-hetero) is 1. The maximum absolute atomic E-state index is 12.8. The normalized spacial score (nSPS) is 12.9. The van der Waals surface area contributed by atoms with Gasteiger partial charge in [0.05, 0.1) is 16.2 Å². The summed E-state index contributed by atoms with van der Waals surface area (Å²) in [5, 5.41) is 4.28. The van der Waals surface area contributed by atoms with Crippen LogP contribution in [0.15, 0.2) is 65.0 Å². The Balaban J connectivity index is 1.56. The van der Waals surface area contributed by atoms with Gasteiger partial charge >= 0.3 is 0 Å². The van der Waals surface area contributed by atoms with Gasteiger partial charge in [0, 0.05) is 17.7 Å². The molecular formula is C20H17BrN4O3S2. The van der Waals surface area contributed by atoms with E-state index in [1.54, 1.807) is 28.8 Å². The smallest absolute Gasteiger partial charge is 0.269 e. The average molecular weight is 505 g/mol. The number of fused-ring (bicyclic) bond motifs is 1. The van der Waals surface area contributed by atoms with Crippen LogP contribution in [0.1, 0.15) is 16.1 Å². The van der Waals surface area contributed by atoms with Crippen LogP contribution in [0.4, 0.5) is 0 Å². The Morgan fingerprint density at radius 1 is 1.13 bits per heavy atom. The fourth-order valence-corrected chi connectivity index (χ4v) is 5.85. The lowest BCUT2D eigenvalue weighted by Crippen LogP contribution is -2.33. The highest BCUT2D eigenvalue weighted by molar-refractivity contribution is 9.10. The van der Waals surface area contributed by atoms with E-state index >= 15 is 0 Å². The molecule has 4 rings (SSSR count). The first-order valence-electron chi connectivity index (χ1n) is 9.01.